The Balaban J connectivity index is 2.26. The lowest BCUT2D eigenvalue weighted by molar-refractivity contribution is -0.149. The Morgan fingerprint density at radius 2 is 1.71 bits per heavy atom. The van der Waals surface area contributed by atoms with Gasteiger partial charge in [0.05, 0.1) is 5.92 Å². The molecule has 6 atom stereocenters. The summed E-state index contributed by atoms with van der Waals surface area (Å²) >= 11 is 0. The van der Waals surface area contributed by atoms with Crippen LogP contribution in [0, 0.1) is 35.5 Å². The fraction of sp³-hybridized carbons (Fsp3) is 0.929. The largest absolute Gasteiger partial charge is 0.481 e. The van der Waals surface area contributed by atoms with Crippen LogP contribution in [0.15, 0.2) is 0 Å². The van der Waals surface area contributed by atoms with Crippen molar-refractivity contribution < 1.29 is 9.90 Å². The number of hydrogen-bond donors (Lipinski definition) is 1. The van der Waals surface area contributed by atoms with Gasteiger partial charge in [-0.1, -0.05) is 20.8 Å². The van der Waals surface area contributed by atoms with Crippen molar-refractivity contribution in [2.24, 2.45) is 35.5 Å². The molecular weight excluding hydrogens is 214 g/mol. The first-order valence-electron chi connectivity index (χ1n) is 6.83. The van der Waals surface area contributed by atoms with E-state index in [0.717, 1.165) is 13.1 Å². The van der Waals surface area contributed by atoms with E-state index in [1.807, 2.05) is 6.92 Å². The Bertz CT molecular complexity index is 287. The van der Waals surface area contributed by atoms with Gasteiger partial charge < -0.3 is 10.0 Å². The SMILES string of the molecule is CC1C[C@@H](C)C2CN(C)CC1C2C(C)C(=O)O. The highest BCUT2D eigenvalue weighted by molar-refractivity contribution is 5.70. The van der Waals surface area contributed by atoms with E-state index in [0.29, 0.717) is 29.6 Å². The lowest BCUT2D eigenvalue weighted by Gasteiger charge is -2.53. The molecule has 2 fully saturated rings. The van der Waals surface area contributed by atoms with Gasteiger partial charge in [-0.15, -0.1) is 0 Å². The van der Waals surface area contributed by atoms with Gasteiger partial charge in [0.25, 0.3) is 0 Å². The van der Waals surface area contributed by atoms with Crippen molar-refractivity contribution in [2.45, 2.75) is 27.2 Å². The average Bonchev–Trinajstić information content (AvgIpc) is 2.25. The normalized spacial score (nSPS) is 44.4. The van der Waals surface area contributed by atoms with Crippen molar-refractivity contribution in [3.8, 4) is 0 Å². The van der Waals surface area contributed by atoms with Crippen molar-refractivity contribution in [1.29, 1.82) is 0 Å². The minimum atomic E-state index is -0.615. The van der Waals surface area contributed by atoms with Crippen molar-refractivity contribution >= 4 is 5.97 Å². The number of carboxylic acid groups (broad SMARTS) is 1. The van der Waals surface area contributed by atoms with Crippen LogP contribution < -0.4 is 0 Å². The van der Waals surface area contributed by atoms with Crippen LogP contribution in [0.3, 0.4) is 0 Å². The van der Waals surface area contributed by atoms with E-state index < -0.39 is 5.97 Å². The van der Waals surface area contributed by atoms with Crippen molar-refractivity contribution in [3.63, 3.8) is 0 Å². The van der Waals surface area contributed by atoms with Crippen molar-refractivity contribution in [1.82, 2.24) is 4.90 Å². The number of carbonyl (C=O) groups is 1. The second-order valence-corrected chi connectivity index (χ2v) is 6.44. The fourth-order valence-electron chi connectivity index (χ4n) is 4.32. The molecule has 1 saturated carbocycles. The summed E-state index contributed by atoms with van der Waals surface area (Å²) in [5.41, 5.74) is 0. The molecule has 1 saturated heterocycles. The Morgan fingerprint density at radius 1 is 1.24 bits per heavy atom. The molecule has 1 aliphatic heterocycles. The van der Waals surface area contributed by atoms with E-state index in [9.17, 15) is 9.90 Å². The Labute approximate surface area is 104 Å². The highest BCUT2D eigenvalue weighted by Gasteiger charge is 2.48. The number of nitrogens with zero attached hydrogens (tertiary/aromatic N) is 1. The maximum Gasteiger partial charge on any atom is 0.306 e. The smallest absolute Gasteiger partial charge is 0.306 e. The highest BCUT2D eigenvalue weighted by atomic mass is 16.4. The molecule has 2 aliphatic rings. The number of aliphatic carboxylic acids is 1. The van der Waals surface area contributed by atoms with Crippen LogP contribution in [0.1, 0.15) is 27.2 Å². The zero-order valence-corrected chi connectivity index (χ0v) is 11.4. The van der Waals surface area contributed by atoms with Gasteiger partial charge in [0, 0.05) is 13.1 Å². The molecule has 0 amide bonds. The predicted molar refractivity (Wildman–Crippen MR) is 67.7 cm³/mol. The first kappa shape index (κ1) is 12.9. The Kier molecular flexibility index (Phi) is 3.48. The van der Waals surface area contributed by atoms with Crippen LogP contribution in [0.25, 0.3) is 0 Å². The zero-order valence-electron chi connectivity index (χ0n) is 11.4. The zero-order chi connectivity index (χ0) is 12.7. The van der Waals surface area contributed by atoms with Gasteiger partial charge >= 0.3 is 5.97 Å². The maximum absolute atomic E-state index is 11.3. The van der Waals surface area contributed by atoms with Gasteiger partial charge in [0.2, 0.25) is 0 Å². The molecule has 3 heteroatoms. The van der Waals surface area contributed by atoms with Crippen LogP contribution in [0.2, 0.25) is 0 Å². The molecule has 0 radical (unpaired) electrons. The molecule has 1 heterocycles. The minimum Gasteiger partial charge on any atom is -0.481 e. The molecule has 1 N–H and O–H groups in total. The molecule has 0 spiro atoms. The standard InChI is InChI=1S/C14H25NO2/c1-8-5-9(2)12-7-15(4)6-11(8)13(12)10(3)14(16)17/h8-13H,5-7H2,1-4H3,(H,16,17)/t8-,9?,10?,11?,12?,13?/m1/s1. The first-order chi connectivity index (χ1) is 7.91. The molecule has 0 aromatic rings. The van der Waals surface area contributed by atoms with Crippen molar-refractivity contribution in [2.75, 3.05) is 20.1 Å². The van der Waals surface area contributed by atoms with Gasteiger partial charge in [0.15, 0.2) is 0 Å². The molecule has 5 unspecified atom stereocenters. The number of carboxylic acids is 1. The van der Waals surface area contributed by atoms with Crippen LogP contribution in [0.4, 0.5) is 0 Å². The summed E-state index contributed by atoms with van der Waals surface area (Å²) in [5, 5.41) is 9.31. The van der Waals surface area contributed by atoms with E-state index in [4.69, 9.17) is 0 Å². The molecule has 2 bridgehead atoms. The molecule has 98 valence electrons. The molecule has 17 heavy (non-hydrogen) atoms. The monoisotopic (exact) mass is 239 g/mol. The summed E-state index contributed by atoms with van der Waals surface area (Å²) in [7, 11) is 2.17. The van der Waals surface area contributed by atoms with Gasteiger partial charge in [-0.25, -0.2) is 0 Å². The summed E-state index contributed by atoms with van der Waals surface area (Å²) in [6, 6.07) is 0. The maximum atomic E-state index is 11.3. The Morgan fingerprint density at radius 3 is 2.12 bits per heavy atom. The molecule has 3 nitrogen and oxygen atoms in total. The lowest BCUT2D eigenvalue weighted by Crippen LogP contribution is -2.55. The molecule has 2 rings (SSSR count). The molecule has 0 aromatic carbocycles. The third-order valence-corrected chi connectivity index (χ3v) is 5.21. The van der Waals surface area contributed by atoms with E-state index in [1.165, 1.54) is 6.42 Å². The van der Waals surface area contributed by atoms with Gasteiger partial charge in [-0.2, -0.15) is 0 Å². The average molecular weight is 239 g/mol. The Hall–Kier alpha value is -0.570. The van der Waals surface area contributed by atoms with E-state index in [-0.39, 0.29) is 5.92 Å². The van der Waals surface area contributed by atoms with Crippen molar-refractivity contribution in [3.05, 3.63) is 0 Å². The van der Waals surface area contributed by atoms with Crippen LogP contribution in [0.5, 0.6) is 0 Å². The molecular formula is C14H25NO2. The van der Waals surface area contributed by atoms with E-state index in [2.05, 4.69) is 25.8 Å². The number of rotatable bonds is 2. The third-order valence-electron chi connectivity index (χ3n) is 5.21. The van der Waals surface area contributed by atoms with Crippen LogP contribution >= 0.6 is 0 Å². The van der Waals surface area contributed by atoms with Gasteiger partial charge in [-0.05, 0) is 43.1 Å². The molecule has 0 aromatic heterocycles. The second kappa shape index (κ2) is 4.60. The van der Waals surface area contributed by atoms with E-state index in [1.54, 1.807) is 0 Å². The lowest BCUT2D eigenvalue weighted by atomic mass is 9.57. The number of fused-ring (bicyclic) bond motifs is 2. The summed E-state index contributed by atoms with van der Waals surface area (Å²) in [6.07, 6.45) is 1.27. The minimum absolute atomic E-state index is 0.191. The van der Waals surface area contributed by atoms with Gasteiger partial charge in [-0.3, -0.25) is 4.79 Å². The number of likely N-dealkylation sites (tertiary alicyclic amines) is 1. The number of piperidine rings is 1. The summed E-state index contributed by atoms with van der Waals surface area (Å²) in [6.45, 7) is 8.67. The van der Waals surface area contributed by atoms with Crippen LogP contribution in [-0.2, 0) is 4.79 Å². The first-order valence-corrected chi connectivity index (χ1v) is 6.83. The highest BCUT2D eigenvalue weighted by Crippen LogP contribution is 2.48. The van der Waals surface area contributed by atoms with Crippen LogP contribution in [-0.4, -0.2) is 36.1 Å². The summed E-state index contributed by atoms with van der Waals surface area (Å²) < 4.78 is 0. The molecule has 1 aliphatic carbocycles. The number of hydrogen-bond acceptors (Lipinski definition) is 2. The summed E-state index contributed by atoms with van der Waals surface area (Å²) in [4.78, 5) is 13.7. The van der Waals surface area contributed by atoms with E-state index >= 15 is 0 Å². The second-order valence-electron chi connectivity index (χ2n) is 6.44. The third kappa shape index (κ3) is 2.22. The topological polar surface area (TPSA) is 40.5 Å². The quantitative estimate of drug-likeness (QED) is 0.803. The fourth-order valence-corrected chi connectivity index (χ4v) is 4.32. The predicted octanol–water partition coefficient (Wildman–Crippen LogP) is 2.18. The summed E-state index contributed by atoms with van der Waals surface area (Å²) in [5.74, 6) is 2.04. The van der Waals surface area contributed by atoms with Gasteiger partial charge in [0.1, 0.15) is 0 Å².